The maximum Gasteiger partial charge on any atom is 0.253 e. The van der Waals surface area contributed by atoms with Gasteiger partial charge in [0.15, 0.2) is 5.76 Å². The summed E-state index contributed by atoms with van der Waals surface area (Å²) < 4.78 is 5.83. The van der Waals surface area contributed by atoms with Crippen molar-refractivity contribution in [3.05, 3.63) is 69.9 Å². The Labute approximate surface area is 202 Å². The molecule has 33 heavy (non-hydrogen) atoms. The number of aromatic nitrogens is 1. The molecule has 8 heteroatoms. The Bertz CT molecular complexity index is 1420. The minimum atomic E-state index is -0.791. The average molecular weight is 477 g/mol. The van der Waals surface area contributed by atoms with Crippen LogP contribution in [-0.2, 0) is 0 Å². The first kappa shape index (κ1) is 23.1. The van der Waals surface area contributed by atoms with Crippen LogP contribution in [-0.4, -0.2) is 24.5 Å². The van der Waals surface area contributed by atoms with E-state index in [4.69, 9.17) is 41.2 Å². The molecule has 0 saturated heterocycles. The predicted molar refractivity (Wildman–Crippen MR) is 133 cm³/mol. The topological polar surface area (TPSA) is 86.2 Å². The molecule has 2 heterocycles. The molecule has 2 aromatic heterocycles. The molecule has 0 bridgehead atoms. The van der Waals surface area contributed by atoms with Gasteiger partial charge in [-0.1, -0.05) is 73.7 Å². The second-order valence-corrected chi connectivity index (χ2v) is 9.58. The zero-order chi connectivity index (χ0) is 24.1. The number of pyridine rings is 1. The van der Waals surface area contributed by atoms with Crippen LogP contribution in [0, 0.1) is 5.41 Å². The van der Waals surface area contributed by atoms with Crippen LogP contribution in [0.3, 0.4) is 0 Å². The zero-order valence-corrected chi connectivity index (χ0v) is 19.7. The van der Waals surface area contributed by atoms with Crippen LogP contribution in [0.2, 0.25) is 10.0 Å². The van der Waals surface area contributed by atoms with Gasteiger partial charge in [-0.2, -0.15) is 0 Å². The first-order valence-electron chi connectivity index (χ1n) is 10.1. The van der Waals surface area contributed by atoms with E-state index in [2.05, 4.69) is 4.98 Å². The van der Waals surface area contributed by atoms with Crippen LogP contribution in [0.15, 0.2) is 52.9 Å². The third kappa shape index (κ3) is 4.29. The molecule has 0 aliphatic carbocycles. The van der Waals surface area contributed by atoms with Crippen molar-refractivity contribution in [1.82, 2.24) is 4.98 Å². The third-order valence-electron chi connectivity index (χ3n) is 5.22. The lowest BCUT2D eigenvalue weighted by atomic mass is 9.87. The SMILES string of the molecule is [B]c1ccc(-c2nc3oc(C(=O)C(C)(C)C)c(C(N)=O)c3cc2-c2ccc(Cl)cc2)c(Cl)c1. The Morgan fingerprint density at radius 3 is 2.24 bits per heavy atom. The van der Waals surface area contributed by atoms with Gasteiger partial charge in [0.25, 0.3) is 5.91 Å². The smallest absolute Gasteiger partial charge is 0.253 e. The molecule has 2 radical (unpaired) electrons. The normalized spacial score (nSPS) is 11.7. The molecular formula is C25H19BCl2N2O3. The van der Waals surface area contributed by atoms with Crippen LogP contribution < -0.4 is 11.2 Å². The molecule has 0 atom stereocenters. The number of carbonyl (C=O) groups excluding carboxylic acids is 2. The first-order valence-corrected chi connectivity index (χ1v) is 10.9. The van der Waals surface area contributed by atoms with Crippen molar-refractivity contribution in [3.63, 3.8) is 0 Å². The highest BCUT2D eigenvalue weighted by molar-refractivity contribution is 6.38. The van der Waals surface area contributed by atoms with Gasteiger partial charge in [0.05, 0.1) is 16.6 Å². The lowest BCUT2D eigenvalue weighted by Crippen LogP contribution is -2.23. The number of primary amides is 1. The number of amides is 1. The largest absolute Gasteiger partial charge is 0.434 e. The van der Waals surface area contributed by atoms with Gasteiger partial charge in [-0.15, -0.1) is 0 Å². The molecule has 0 aliphatic rings. The minimum absolute atomic E-state index is 0.00240. The fourth-order valence-corrected chi connectivity index (χ4v) is 3.95. The number of Topliss-reactive ketones (excluding diaryl/α,β-unsaturated/α-hetero) is 1. The fraction of sp³-hybridized carbons (Fsp3) is 0.160. The van der Waals surface area contributed by atoms with E-state index in [0.29, 0.717) is 37.7 Å². The summed E-state index contributed by atoms with van der Waals surface area (Å²) in [5.74, 6) is -1.24. The molecule has 0 saturated carbocycles. The highest BCUT2D eigenvalue weighted by Crippen LogP contribution is 2.39. The highest BCUT2D eigenvalue weighted by atomic mass is 35.5. The number of rotatable bonds is 4. The van der Waals surface area contributed by atoms with E-state index in [1.165, 1.54) is 0 Å². The second kappa shape index (κ2) is 8.36. The molecule has 1 amide bonds. The summed E-state index contributed by atoms with van der Waals surface area (Å²) in [6.45, 7) is 5.21. The summed E-state index contributed by atoms with van der Waals surface area (Å²) in [5.41, 5.74) is 8.03. The Balaban J connectivity index is 2.09. The van der Waals surface area contributed by atoms with Crippen molar-refractivity contribution >= 4 is 59.3 Å². The van der Waals surface area contributed by atoms with E-state index >= 15 is 0 Å². The third-order valence-corrected chi connectivity index (χ3v) is 5.78. The number of halogens is 2. The molecular weight excluding hydrogens is 458 g/mol. The van der Waals surface area contributed by atoms with Crippen molar-refractivity contribution in [3.8, 4) is 22.4 Å². The number of furan rings is 1. The van der Waals surface area contributed by atoms with E-state index in [1.54, 1.807) is 57.2 Å². The van der Waals surface area contributed by atoms with Crippen LogP contribution >= 0.6 is 23.2 Å². The Kier molecular flexibility index (Phi) is 5.85. The van der Waals surface area contributed by atoms with Gasteiger partial charge in [-0.25, -0.2) is 4.98 Å². The van der Waals surface area contributed by atoms with Gasteiger partial charge >= 0.3 is 0 Å². The Morgan fingerprint density at radius 1 is 1.00 bits per heavy atom. The van der Waals surface area contributed by atoms with Gasteiger partial charge in [0, 0.05) is 26.6 Å². The molecule has 0 fully saturated rings. The number of fused-ring (bicyclic) bond motifs is 1. The van der Waals surface area contributed by atoms with E-state index in [9.17, 15) is 9.59 Å². The summed E-state index contributed by atoms with van der Waals surface area (Å²) in [6, 6.07) is 14.0. The van der Waals surface area contributed by atoms with Gasteiger partial charge in [-0.05, 0) is 29.8 Å². The number of nitrogens with zero attached hydrogens (tertiary/aromatic N) is 1. The van der Waals surface area contributed by atoms with Crippen LogP contribution in [0.1, 0.15) is 41.7 Å². The van der Waals surface area contributed by atoms with Crippen molar-refractivity contribution in [2.24, 2.45) is 11.1 Å². The zero-order valence-electron chi connectivity index (χ0n) is 18.2. The van der Waals surface area contributed by atoms with Gasteiger partial charge in [-0.3, -0.25) is 9.59 Å². The van der Waals surface area contributed by atoms with Crippen molar-refractivity contribution in [1.29, 1.82) is 0 Å². The summed E-state index contributed by atoms with van der Waals surface area (Å²) in [6.07, 6.45) is 0. The molecule has 164 valence electrons. The fourth-order valence-electron chi connectivity index (χ4n) is 3.55. The van der Waals surface area contributed by atoms with Gasteiger partial charge in [0.1, 0.15) is 7.85 Å². The van der Waals surface area contributed by atoms with E-state index < -0.39 is 11.3 Å². The number of nitrogens with two attached hydrogens (primary N) is 1. The van der Waals surface area contributed by atoms with Crippen LogP contribution in [0.5, 0.6) is 0 Å². The van der Waals surface area contributed by atoms with Gasteiger partial charge < -0.3 is 10.2 Å². The maximum atomic E-state index is 13.0. The molecule has 2 N–H and O–H groups in total. The minimum Gasteiger partial charge on any atom is -0.434 e. The van der Waals surface area contributed by atoms with Gasteiger partial charge in [0.2, 0.25) is 11.5 Å². The van der Waals surface area contributed by atoms with Crippen LogP contribution in [0.4, 0.5) is 0 Å². The second-order valence-electron chi connectivity index (χ2n) is 8.73. The van der Waals surface area contributed by atoms with Crippen molar-refractivity contribution < 1.29 is 14.0 Å². The molecule has 4 aromatic rings. The summed E-state index contributed by atoms with van der Waals surface area (Å²) in [7, 11) is 5.87. The monoisotopic (exact) mass is 476 g/mol. The number of carbonyl (C=O) groups is 2. The number of ketones is 1. The first-order chi connectivity index (χ1) is 15.5. The van der Waals surface area contributed by atoms with E-state index in [1.807, 2.05) is 12.1 Å². The van der Waals surface area contributed by atoms with Crippen LogP contribution in [0.25, 0.3) is 33.5 Å². The number of hydrogen-bond donors (Lipinski definition) is 1. The average Bonchev–Trinajstić information content (AvgIpc) is 3.11. The Hall–Kier alpha value is -3.09. The highest BCUT2D eigenvalue weighted by Gasteiger charge is 2.33. The standard InChI is InChI=1S/C25H19BCl2N2O3/c1-25(2,3)22(31)21-19(23(29)32)17-11-16(12-4-7-14(27)8-5-12)20(30-24(17)33-21)15-9-6-13(26)10-18(15)28/h4-11H,1-3H3,(H2,29,32). The van der Waals surface area contributed by atoms with Crippen molar-refractivity contribution in [2.75, 3.05) is 0 Å². The molecule has 2 aromatic carbocycles. The van der Waals surface area contributed by atoms with Crippen molar-refractivity contribution in [2.45, 2.75) is 20.8 Å². The quantitative estimate of drug-likeness (QED) is 0.307. The van der Waals surface area contributed by atoms with E-state index in [-0.39, 0.29) is 22.8 Å². The lowest BCUT2D eigenvalue weighted by Gasteiger charge is -2.14. The lowest BCUT2D eigenvalue weighted by molar-refractivity contribution is 0.0822. The molecule has 5 nitrogen and oxygen atoms in total. The molecule has 0 unspecified atom stereocenters. The molecule has 0 spiro atoms. The number of benzene rings is 2. The summed E-state index contributed by atoms with van der Waals surface area (Å²) >= 11 is 12.6. The summed E-state index contributed by atoms with van der Waals surface area (Å²) in [5, 5.41) is 1.30. The van der Waals surface area contributed by atoms with E-state index in [0.717, 1.165) is 5.56 Å². The summed E-state index contributed by atoms with van der Waals surface area (Å²) in [4.78, 5) is 30.1. The Morgan fingerprint density at radius 2 is 1.67 bits per heavy atom. The molecule has 4 rings (SSSR count). The maximum absolute atomic E-state index is 13.0. The predicted octanol–water partition coefficient (Wildman–Crippen LogP) is 5.59. The molecule has 0 aliphatic heterocycles. The number of hydrogen-bond acceptors (Lipinski definition) is 4.